The van der Waals surface area contributed by atoms with Crippen LogP contribution in [0.2, 0.25) is 0 Å². The van der Waals surface area contributed by atoms with Gasteiger partial charge in [0.1, 0.15) is 5.75 Å². The van der Waals surface area contributed by atoms with Crippen molar-refractivity contribution in [2.75, 3.05) is 32.7 Å². The van der Waals surface area contributed by atoms with Crippen molar-refractivity contribution in [1.29, 1.82) is 0 Å². The van der Waals surface area contributed by atoms with E-state index in [1.165, 1.54) is 0 Å². The summed E-state index contributed by atoms with van der Waals surface area (Å²) < 4.78 is 0. The molecular weight excluding hydrogens is 266 g/mol. The molecule has 2 heterocycles. The van der Waals surface area contributed by atoms with Gasteiger partial charge in [-0.2, -0.15) is 0 Å². The third kappa shape index (κ3) is 2.80. The molecule has 0 unspecified atom stereocenters. The minimum absolute atomic E-state index is 0.118. The summed E-state index contributed by atoms with van der Waals surface area (Å²) in [5.74, 6) is 0.118. The second-order valence-corrected chi connectivity index (χ2v) is 5.54. The average molecular weight is 287 g/mol. The molecule has 3 rings (SSSR count). The predicted molar refractivity (Wildman–Crippen MR) is 83.6 cm³/mol. The predicted octanol–water partition coefficient (Wildman–Crippen LogP) is 1.37. The van der Waals surface area contributed by atoms with Crippen LogP contribution in [0.15, 0.2) is 29.1 Å². The van der Waals surface area contributed by atoms with E-state index in [2.05, 4.69) is 21.7 Å². The van der Waals surface area contributed by atoms with Crippen LogP contribution in [0.3, 0.4) is 0 Å². The molecule has 0 atom stereocenters. The topological polar surface area (TPSA) is 59.6 Å². The number of nitrogens with zero attached hydrogens (tertiary/aromatic N) is 2. The maximum absolute atomic E-state index is 12.2. The summed E-state index contributed by atoms with van der Waals surface area (Å²) in [5, 5.41) is 11.1. The van der Waals surface area contributed by atoms with Gasteiger partial charge in [0, 0.05) is 38.1 Å². The van der Waals surface area contributed by atoms with Crippen LogP contribution in [0.25, 0.3) is 10.9 Å². The Kier molecular flexibility index (Phi) is 3.94. The number of benzene rings is 1. The van der Waals surface area contributed by atoms with E-state index in [-0.39, 0.29) is 11.3 Å². The minimum Gasteiger partial charge on any atom is -0.507 e. The Morgan fingerprint density at radius 1 is 1.14 bits per heavy atom. The summed E-state index contributed by atoms with van der Waals surface area (Å²) in [6.45, 7) is 7.62. The van der Waals surface area contributed by atoms with Crippen LogP contribution < -0.4 is 5.56 Å². The van der Waals surface area contributed by atoms with Crippen LogP contribution in [0, 0.1) is 0 Å². The zero-order chi connectivity index (χ0) is 14.8. The summed E-state index contributed by atoms with van der Waals surface area (Å²) in [5.41, 5.74) is 0.960. The van der Waals surface area contributed by atoms with Gasteiger partial charge in [0.15, 0.2) is 0 Å². The molecule has 1 fully saturated rings. The highest BCUT2D eigenvalue weighted by molar-refractivity contribution is 5.85. The van der Waals surface area contributed by atoms with Crippen molar-refractivity contribution in [2.24, 2.45) is 0 Å². The lowest BCUT2D eigenvalue weighted by Gasteiger charge is -2.33. The SMILES string of the molecule is CCN1CCN(Cc2c(O)c3ccccc3[nH]c2=O)CC1. The number of fused-ring (bicyclic) bond motifs is 1. The van der Waals surface area contributed by atoms with Crippen LogP contribution in [0.4, 0.5) is 0 Å². The van der Waals surface area contributed by atoms with Crippen LogP contribution >= 0.6 is 0 Å². The highest BCUT2D eigenvalue weighted by Gasteiger charge is 2.19. The van der Waals surface area contributed by atoms with Gasteiger partial charge in [-0.15, -0.1) is 0 Å². The number of aromatic nitrogens is 1. The van der Waals surface area contributed by atoms with Crippen LogP contribution in [-0.2, 0) is 6.54 Å². The van der Waals surface area contributed by atoms with Gasteiger partial charge in [-0.05, 0) is 18.7 Å². The number of piperazine rings is 1. The number of nitrogens with one attached hydrogen (secondary N) is 1. The highest BCUT2D eigenvalue weighted by Crippen LogP contribution is 2.25. The number of para-hydroxylation sites is 1. The minimum atomic E-state index is -0.191. The lowest BCUT2D eigenvalue weighted by molar-refractivity contribution is 0.131. The zero-order valence-corrected chi connectivity index (χ0v) is 12.3. The first kappa shape index (κ1) is 14.1. The number of aromatic amines is 1. The lowest BCUT2D eigenvalue weighted by atomic mass is 10.1. The molecule has 0 radical (unpaired) electrons. The summed E-state index contributed by atoms with van der Waals surface area (Å²) in [6, 6.07) is 7.35. The molecular formula is C16H21N3O2. The molecule has 0 bridgehead atoms. The standard InChI is InChI=1S/C16H21N3O2/c1-2-18-7-9-19(10-8-18)11-13-15(20)12-5-3-4-6-14(12)17-16(13)21/h3-6H,2,7-11H2,1H3,(H2,17,20,21). The van der Waals surface area contributed by atoms with Gasteiger partial charge in [-0.1, -0.05) is 19.1 Å². The number of likely N-dealkylation sites (N-methyl/N-ethyl adjacent to an activating group) is 1. The monoisotopic (exact) mass is 287 g/mol. The summed E-state index contributed by atoms with van der Waals surface area (Å²) in [4.78, 5) is 19.7. The summed E-state index contributed by atoms with van der Waals surface area (Å²) in [6.07, 6.45) is 0. The van der Waals surface area contributed by atoms with Gasteiger partial charge in [0.05, 0.1) is 11.1 Å². The van der Waals surface area contributed by atoms with E-state index in [1.54, 1.807) is 6.07 Å². The molecule has 0 spiro atoms. The number of rotatable bonds is 3. The zero-order valence-electron chi connectivity index (χ0n) is 12.3. The highest BCUT2D eigenvalue weighted by atomic mass is 16.3. The Hall–Kier alpha value is -1.85. The summed E-state index contributed by atoms with van der Waals surface area (Å²) >= 11 is 0. The smallest absolute Gasteiger partial charge is 0.256 e. The fourth-order valence-corrected chi connectivity index (χ4v) is 2.90. The Balaban J connectivity index is 1.86. The van der Waals surface area contributed by atoms with Gasteiger partial charge >= 0.3 is 0 Å². The van der Waals surface area contributed by atoms with Crippen LogP contribution in [0.5, 0.6) is 5.75 Å². The van der Waals surface area contributed by atoms with Gasteiger partial charge in [0.2, 0.25) is 0 Å². The molecule has 1 aromatic heterocycles. The number of pyridine rings is 1. The van der Waals surface area contributed by atoms with Crippen molar-refractivity contribution in [3.63, 3.8) is 0 Å². The number of hydrogen-bond donors (Lipinski definition) is 2. The number of aromatic hydroxyl groups is 1. The second kappa shape index (κ2) is 5.87. The average Bonchev–Trinajstić information content (AvgIpc) is 2.52. The Morgan fingerprint density at radius 3 is 2.52 bits per heavy atom. The molecule has 0 aliphatic carbocycles. The van der Waals surface area contributed by atoms with Crippen LogP contribution in [-0.4, -0.2) is 52.6 Å². The molecule has 1 aliphatic rings. The maximum atomic E-state index is 12.2. The molecule has 2 N–H and O–H groups in total. The first-order valence-electron chi connectivity index (χ1n) is 7.46. The van der Waals surface area contributed by atoms with E-state index in [0.29, 0.717) is 23.0 Å². The first-order valence-corrected chi connectivity index (χ1v) is 7.46. The molecule has 2 aromatic rings. The van der Waals surface area contributed by atoms with Crippen molar-refractivity contribution in [3.8, 4) is 5.75 Å². The number of hydrogen-bond acceptors (Lipinski definition) is 4. The van der Waals surface area contributed by atoms with E-state index in [0.717, 1.165) is 32.7 Å². The molecule has 0 amide bonds. The van der Waals surface area contributed by atoms with Crippen molar-refractivity contribution >= 4 is 10.9 Å². The van der Waals surface area contributed by atoms with E-state index >= 15 is 0 Å². The first-order chi connectivity index (χ1) is 10.2. The Labute approximate surface area is 123 Å². The number of H-pyrrole nitrogens is 1. The summed E-state index contributed by atoms with van der Waals surface area (Å²) in [7, 11) is 0. The fraction of sp³-hybridized carbons (Fsp3) is 0.438. The molecule has 1 aromatic carbocycles. The van der Waals surface area contributed by atoms with Crippen molar-refractivity contribution in [1.82, 2.24) is 14.8 Å². The largest absolute Gasteiger partial charge is 0.507 e. The fourth-order valence-electron chi connectivity index (χ4n) is 2.90. The molecule has 0 saturated carbocycles. The van der Waals surface area contributed by atoms with Crippen molar-refractivity contribution in [3.05, 3.63) is 40.2 Å². The second-order valence-electron chi connectivity index (χ2n) is 5.54. The maximum Gasteiger partial charge on any atom is 0.256 e. The van der Waals surface area contributed by atoms with Gasteiger partial charge in [0.25, 0.3) is 5.56 Å². The third-order valence-electron chi connectivity index (χ3n) is 4.28. The van der Waals surface area contributed by atoms with Gasteiger partial charge in [-0.3, -0.25) is 9.69 Å². The van der Waals surface area contributed by atoms with Crippen LogP contribution in [0.1, 0.15) is 12.5 Å². The van der Waals surface area contributed by atoms with E-state index < -0.39 is 0 Å². The normalized spacial score (nSPS) is 17.4. The molecule has 5 heteroatoms. The van der Waals surface area contributed by atoms with E-state index in [9.17, 15) is 9.90 Å². The third-order valence-corrected chi connectivity index (χ3v) is 4.28. The van der Waals surface area contributed by atoms with Crippen molar-refractivity contribution in [2.45, 2.75) is 13.5 Å². The Bertz CT molecular complexity index is 687. The molecule has 1 aliphatic heterocycles. The lowest BCUT2D eigenvalue weighted by Crippen LogP contribution is -2.46. The van der Waals surface area contributed by atoms with E-state index in [4.69, 9.17) is 0 Å². The van der Waals surface area contributed by atoms with Gasteiger partial charge < -0.3 is 15.0 Å². The van der Waals surface area contributed by atoms with Crippen molar-refractivity contribution < 1.29 is 5.11 Å². The quantitative estimate of drug-likeness (QED) is 0.895. The molecule has 1 saturated heterocycles. The van der Waals surface area contributed by atoms with Gasteiger partial charge in [-0.25, -0.2) is 0 Å². The molecule has 112 valence electrons. The van der Waals surface area contributed by atoms with E-state index in [1.807, 2.05) is 18.2 Å². The molecule has 21 heavy (non-hydrogen) atoms. The Morgan fingerprint density at radius 2 is 1.81 bits per heavy atom. The molecule has 5 nitrogen and oxygen atoms in total.